The zero-order valence-corrected chi connectivity index (χ0v) is 16.8. The molecule has 29 heavy (non-hydrogen) atoms. The first-order chi connectivity index (χ1) is 14.1. The molecule has 1 amide bonds. The van der Waals surface area contributed by atoms with Crippen molar-refractivity contribution in [2.75, 3.05) is 44.6 Å². The summed E-state index contributed by atoms with van der Waals surface area (Å²) in [6.07, 6.45) is 3.01. The first-order valence-electron chi connectivity index (χ1n) is 9.31. The molecular formula is C21H24N4O4. The zero-order chi connectivity index (χ0) is 20.8. The van der Waals surface area contributed by atoms with E-state index in [0.29, 0.717) is 28.5 Å². The summed E-state index contributed by atoms with van der Waals surface area (Å²) in [4.78, 5) is 19.2. The molecule has 3 rings (SSSR count). The first-order valence-corrected chi connectivity index (χ1v) is 9.31. The van der Waals surface area contributed by atoms with Crippen LogP contribution in [0.5, 0.6) is 17.2 Å². The van der Waals surface area contributed by atoms with E-state index in [9.17, 15) is 4.79 Å². The van der Waals surface area contributed by atoms with Gasteiger partial charge >= 0.3 is 0 Å². The van der Waals surface area contributed by atoms with Crippen LogP contribution in [0.4, 0.5) is 11.5 Å². The molecule has 1 fully saturated rings. The number of benzene rings is 1. The summed E-state index contributed by atoms with van der Waals surface area (Å²) in [5.41, 5.74) is 1.13. The number of methoxy groups -OCH3 is 3. The normalized spacial score (nSPS) is 14.1. The summed E-state index contributed by atoms with van der Waals surface area (Å²) in [6, 6.07) is 9.10. The van der Waals surface area contributed by atoms with E-state index < -0.39 is 0 Å². The molecule has 2 heterocycles. The molecule has 152 valence electrons. The number of nitrogens with one attached hydrogen (secondary N) is 1. The van der Waals surface area contributed by atoms with Crippen molar-refractivity contribution in [1.29, 1.82) is 5.26 Å². The average Bonchev–Trinajstić information content (AvgIpc) is 2.78. The lowest BCUT2D eigenvalue weighted by molar-refractivity contribution is -0.120. The van der Waals surface area contributed by atoms with Crippen molar-refractivity contribution in [1.82, 2.24) is 4.98 Å². The summed E-state index contributed by atoms with van der Waals surface area (Å²) in [7, 11) is 4.61. The van der Waals surface area contributed by atoms with Crippen LogP contribution in [0, 0.1) is 17.2 Å². The Labute approximate surface area is 170 Å². The van der Waals surface area contributed by atoms with Crippen LogP contribution >= 0.6 is 0 Å². The van der Waals surface area contributed by atoms with Crippen LogP contribution in [-0.4, -0.2) is 45.3 Å². The highest BCUT2D eigenvalue weighted by atomic mass is 16.5. The van der Waals surface area contributed by atoms with Gasteiger partial charge in [0.05, 0.1) is 26.9 Å². The Morgan fingerprint density at radius 1 is 1.14 bits per heavy atom. The van der Waals surface area contributed by atoms with Crippen LogP contribution in [-0.2, 0) is 4.79 Å². The molecule has 1 aliphatic heterocycles. The molecule has 0 bridgehead atoms. The van der Waals surface area contributed by atoms with Crippen molar-refractivity contribution in [2.24, 2.45) is 5.92 Å². The Kier molecular flexibility index (Phi) is 6.39. The zero-order valence-electron chi connectivity index (χ0n) is 16.8. The molecule has 0 saturated carbocycles. The van der Waals surface area contributed by atoms with E-state index in [4.69, 9.17) is 19.5 Å². The number of anilines is 2. The number of hydrogen-bond acceptors (Lipinski definition) is 7. The van der Waals surface area contributed by atoms with Crippen molar-refractivity contribution < 1.29 is 19.0 Å². The second-order valence-corrected chi connectivity index (χ2v) is 6.68. The fourth-order valence-corrected chi connectivity index (χ4v) is 3.41. The number of piperidine rings is 1. The van der Waals surface area contributed by atoms with Crippen LogP contribution in [0.1, 0.15) is 18.4 Å². The highest BCUT2D eigenvalue weighted by molar-refractivity contribution is 5.93. The third-order valence-electron chi connectivity index (χ3n) is 5.00. The van der Waals surface area contributed by atoms with E-state index in [2.05, 4.69) is 21.3 Å². The number of hydrogen-bond donors (Lipinski definition) is 1. The minimum absolute atomic E-state index is 0.0355. The average molecular weight is 396 g/mol. The fourth-order valence-electron chi connectivity index (χ4n) is 3.41. The summed E-state index contributed by atoms with van der Waals surface area (Å²) in [6.45, 7) is 1.46. The molecule has 0 radical (unpaired) electrons. The monoisotopic (exact) mass is 396 g/mol. The Morgan fingerprint density at radius 2 is 1.79 bits per heavy atom. The maximum absolute atomic E-state index is 12.8. The molecule has 0 aliphatic carbocycles. The molecule has 1 aliphatic rings. The van der Waals surface area contributed by atoms with E-state index in [1.165, 1.54) is 21.3 Å². The predicted octanol–water partition coefficient (Wildman–Crippen LogP) is 2.83. The maximum atomic E-state index is 12.8. The van der Waals surface area contributed by atoms with Gasteiger partial charge in [0.1, 0.15) is 11.9 Å². The molecule has 8 nitrogen and oxygen atoms in total. The Bertz CT molecular complexity index is 875. The van der Waals surface area contributed by atoms with Gasteiger partial charge < -0.3 is 24.4 Å². The van der Waals surface area contributed by atoms with E-state index >= 15 is 0 Å². The van der Waals surface area contributed by atoms with Gasteiger partial charge in [-0.3, -0.25) is 4.79 Å². The largest absolute Gasteiger partial charge is 0.493 e. The number of aromatic nitrogens is 1. The van der Waals surface area contributed by atoms with Crippen molar-refractivity contribution in [2.45, 2.75) is 12.8 Å². The Morgan fingerprint density at radius 3 is 2.28 bits per heavy atom. The van der Waals surface area contributed by atoms with Crippen LogP contribution in [0.3, 0.4) is 0 Å². The van der Waals surface area contributed by atoms with E-state index in [1.807, 2.05) is 6.07 Å². The summed E-state index contributed by atoms with van der Waals surface area (Å²) in [5.74, 6) is 2.16. The molecule has 0 atom stereocenters. The van der Waals surface area contributed by atoms with Gasteiger partial charge in [-0.05, 0) is 25.0 Å². The number of rotatable bonds is 6. The van der Waals surface area contributed by atoms with Gasteiger partial charge in [-0.15, -0.1) is 0 Å². The van der Waals surface area contributed by atoms with Gasteiger partial charge in [0, 0.05) is 43.0 Å². The minimum atomic E-state index is -0.0938. The molecule has 0 spiro atoms. The molecule has 1 N–H and O–H groups in total. The summed E-state index contributed by atoms with van der Waals surface area (Å²) >= 11 is 0. The third kappa shape index (κ3) is 4.51. The van der Waals surface area contributed by atoms with Crippen molar-refractivity contribution in [3.63, 3.8) is 0 Å². The van der Waals surface area contributed by atoms with Crippen molar-refractivity contribution in [3.05, 3.63) is 36.0 Å². The van der Waals surface area contributed by atoms with E-state index in [1.54, 1.807) is 24.4 Å². The van der Waals surface area contributed by atoms with Crippen LogP contribution in [0.2, 0.25) is 0 Å². The highest BCUT2D eigenvalue weighted by Gasteiger charge is 2.26. The lowest BCUT2D eigenvalue weighted by atomic mass is 9.95. The number of carbonyl (C=O) groups is 1. The second kappa shape index (κ2) is 9.15. The molecule has 0 unspecified atom stereocenters. The molecule has 1 saturated heterocycles. The maximum Gasteiger partial charge on any atom is 0.227 e. The Balaban J connectivity index is 1.63. The molecule has 2 aromatic rings. The van der Waals surface area contributed by atoms with Gasteiger partial charge in [0.25, 0.3) is 0 Å². The van der Waals surface area contributed by atoms with Crippen LogP contribution < -0.4 is 24.4 Å². The standard InChI is InChI=1S/C21H24N4O4/c1-27-17-10-16(11-18(28-2)20(17)29-3)24-21(26)15-6-8-25(9-7-15)19-5-4-14(12-22)13-23-19/h4-5,10-11,13,15H,6-9H2,1-3H3,(H,24,26). The second-order valence-electron chi connectivity index (χ2n) is 6.68. The smallest absolute Gasteiger partial charge is 0.227 e. The van der Waals surface area contributed by atoms with Gasteiger partial charge in [0.15, 0.2) is 11.5 Å². The topological polar surface area (TPSA) is 96.7 Å². The molecule has 1 aromatic carbocycles. The Hall–Kier alpha value is -3.47. The number of carbonyl (C=O) groups excluding carboxylic acids is 1. The molecule has 8 heteroatoms. The quantitative estimate of drug-likeness (QED) is 0.802. The van der Waals surface area contributed by atoms with Crippen LogP contribution in [0.25, 0.3) is 0 Å². The molecule has 1 aromatic heterocycles. The number of nitriles is 1. The number of pyridine rings is 1. The summed E-state index contributed by atoms with van der Waals surface area (Å²) < 4.78 is 16.0. The number of ether oxygens (including phenoxy) is 3. The molecular weight excluding hydrogens is 372 g/mol. The van der Waals surface area contributed by atoms with E-state index in [0.717, 1.165) is 31.7 Å². The fraction of sp³-hybridized carbons (Fsp3) is 0.381. The van der Waals surface area contributed by atoms with Crippen molar-refractivity contribution in [3.8, 4) is 23.3 Å². The highest BCUT2D eigenvalue weighted by Crippen LogP contribution is 2.40. The first kappa shape index (κ1) is 20.3. The van der Waals surface area contributed by atoms with E-state index in [-0.39, 0.29) is 11.8 Å². The minimum Gasteiger partial charge on any atom is -0.493 e. The van der Waals surface area contributed by atoms with Gasteiger partial charge in [-0.1, -0.05) is 0 Å². The summed E-state index contributed by atoms with van der Waals surface area (Å²) in [5, 5.41) is 11.8. The SMILES string of the molecule is COc1cc(NC(=O)C2CCN(c3ccc(C#N)cn3)CC2)cc(OC)c1OC. The van der Waals surface area contributed by atoms with Gasteiger partial charge in [0.2, 0.25) is 11.7 Å². The lowest BCUT2D eigenvalue weighted by Crippen LogP contribution is -2.38. The van der Waals surface area contributed by atoms with Crippen molar-refractivity contribution >= 4 is 17.4 Å². The van der Waals surface area contributed by atoms with Crippen LogP contribution in [0.15, 0.2) is 30.5 Å². The van der Waals surface area contributed by atoms with Gasteiger partial charge in [-0.2, -0.15) is 5.26 Å². The third-order valence-corrected chi connectivity index (χ3v) is 5.00. The number of nitrogens with zero attached hydrogens (tertiary/aromatic N) is 3. The predicted molar refractivity (Wildman–Crippen MR) is 109 cm³/mol. The lowest BCUT2D eigenvalue weighted by Gasteiger charge is -2.32. The van der Waals surface area contributed by atoms with Gasteiger partial charge in [-0.25, -0.2) is 4.98 Å². The number of amides is 1.